The molecule has 7 nitrogen and oxygen atoms in total. The molecular weight excluding hydrogens is 344 g/mol. The lowest BCUT2D eigenvalue weighted by Crippen LogP contribution is -2.61. The molecule has 0 aromatic heterocycles. The van der Waals surface area contributed by atoms with Gasteiger partial charge < -0.3 is 21.1 Å². The highest BCUT2D eigenvalue weighted by Crippen LogP contribution is 2.38. The first-order valence-electron chi connectivity index (χ1n) is 8.78. The van der Waals surface area contributed by atoms with Crippen LogP contribution in [0.1, 0.15) is 50.9 Å². The van der Waals surface area contributed by atoms with E-state index in [9.17, 15) is 14.9 Å². The number of anilines is 1. The summed E-state index contributed by atoms with van der Waals surface area (Å²) in [5.41, 5.74) is 6.10. The van der Waals surface area contributed by atoms with E-state index in [0.29, 0.717) is 5.69 Å². The van der Waals surface area contributed by atoms with Gasteiger partial charge in [0.15, 0.2) is 0 Å². The minimum atomic E-state index is -1.04. The lowest BCUT2D eigenvalue weighted by molar-refractivity contribution is -0.112. The molecule has 4 N–H and O–H groups in total. The molecule has 2 rings (SSSR count). The molecule has 1 fully saturated rings. The van der Waals surface area contributed by atoms with Gasteiger partial charge in [0.05, 0.1) is 5.56 Å². The summed E-state index contributed by atoms with van der Waals surface area (Å²) in [6.45, 7) is 8.17. The van der Waals surface area contributed by atoms with Gasteiger partial charge in [-0.25, -0.2) is 4.79 Å². The number of hydrogen-bond acceptors (Lipinski definition) is 5. The Morgan fingerprint density at radius 3 is 2.19 bits per heavy atom. The monoisotopic (exact) mass is 370 g/mol. The Kier molecular flexibility index (Phi) is 5.62. The van der Waals surface area contributed by atoms with Crippen LogP contribution in [0, 0.1) is 11.3 Å². The van der Waals surface area contributed by atoms with Crippen LogP contribution in [0.3, 0.4) is 0 Å². The molecule has 1 aromatic rings. The van der Waals surface area contributed by atoms with Crippen LogP contribution in [0.2, 0.25) is 0 Å². The lowest BCUT2D eigenvalue weighted by Gasteiger charge is -2.54. The van der Waals surface area contributed by atoms with Gasteiger partial charge in [0.1, 0.15) is 11.6 Å². The predicted molar refractivity (Wildman–Crippen MR) is 103 cm³/mol. The maximum atomic E-state index is 12.6. The van der Waals surface area contributed by atoms with Gasteiger partial charge in [-0.3, -0.25) is 4.79 Å². The van der Waals surface area contributed by atoms with Crippen LogP contribution >= 0.6 is 0 Å². The number of rotatable bonds is 4. The van der Waals surface area contributed by atoms with E-state index in [0.717, 1.165) is 12.8 Å². The molecule has 0 saturated carbocycles. The van der Waals surface area contributed by atoms with Crippen LogP contribution < -0.4 is 11.1 Å². The number of aromatic carboxylic acids is 1. The number of nitrogens with two attached hydrogens (primary N) is 1. The largest absolute Gasteiger partial charge is 0.478 e. The van der Waals surface area contributed by atoms with E-state index in [2.05, 4.69) is 5.32 Å². The third kappa shape index (κ3) is 4.66. The Labute approximate surface area is 159 Å². The van der Waals surface area contributed by atoms with Gasteiger partial charge >= 0.3 is 5.97 Å². The highest BCUT2D eigenvalue weighted by molar-refractivity contribution is 6.06. The average molecular weight is 370 g/mol. The van der Waals surface area contributed by atoms with E-state index >= 15 is 0 Å². The summed E-state index contributed by atoms with van der Waals surface area (Å²) in [7, 11) is 0. The van der Waals surface area contributed by atoms with Crippen molar-refractivity contribution in [2.45, 2.75) is 57.7 Å². The fourth-order valence-electron chi connectivity index (χ4n) is 3.88. The van der Waals surface area contributed by atoms with Gasteiger partial charge in [-0.1, -0.05) is 0 Å². The zero-order valence-corrected chi connectivity index (χ0v) is 16.1. The van der Waals surface area contributed by atoms with Crippen LogP contribution in [-0.2, 0) is 4.79 Å². The van der Waals surface area contributed by atoms with Crippen LogP contribution in [0.4, 0.5) is 5.69 Å². The molecule has 1 aliphatic rings. The maximum absolute atomic E-state index is 12.6. The average Bonchev–Trinajstić information content (AvgIpc) is 2.53. The van der Waals surface area contributed by atoms with Gasteiger partial charge in [-0.2, -0.15) is 5.26 Å². The number of carbonyl (C=O) groups excluding carboxylic acids is 1. The SMILES string of the molecule is CC1(C)CC(N)CC(C)(C)N1/C=C(/C#N)C(=O)Nc1ccc(C(=O)O)cc1. The molecule has 0 aliphatic carbocycles. The number of piperidine rings is 1. The Bertz CT molecular complexity index is 786. The van der Waals surface area contributed by atoms with E-state index in [-0.39, 0.29) is 28.3 Å². The number of amides is 1. The Morgan fingerprint density at radius 1 is 1.22 bits per heavy atom. The quantitative estimate of drug-likeness (QED) is 0.554. The number of likely N-dealkylation sites (tertiary alicyclic amines) is 1. The number of nitriles is 1. The van der Waals surface area contributed by atoms with Crippen molar-refractivity contribution in [3.8, 4) is 6.07 Å². The number of hydrogen-bond donors (Lipinski definition) is 3. The Morgan fingerprint density at radius 2 is 1.74 bits per heavy atom. The van der Waals surface area contributed by atoms with Crippen molar-refractivity contribution >= 4 is 17.6 Å². The number of carboxylic acid groups (broad SMARTS) is 1. The van der Waals surface area contributed by atoms with Gasteiger partial charge in [0, 0.05) is 29.0 Å². The summed E-state index contributed by atoms with van der Waals surface area (Å²) in [6.07, 6.45) is 3.11. The first kappa shape index (κ1) is 20.5. The fourth-order valence-corrected chi connectivity index (χ4v) is 3.88. The molecule has 1 saturated heterocycles. The van der Waals surface area contributed by atoms with Crippen molar-refractivity contribution in [3.05, 3.63) is 41.6 Å². The third-order valence-electron chi connectivity index (χ3n) is 4.84. The standard InChI is InChI=1S/C20H26N4O3/c1-19(2)9-15(22)10-20(3,4)24(19)12-14(11-21)17(25)23-16-7-5-13(6-8-16)18(26)27/h5-8,12,15H,9-10,22H2,1-4H3,(H,23,25)(H,26,27)/b14-12-. The van der Waals surface area contributed by atoms with Gasteiger partial charge in [-0.05, 0) is 64.8 Å². The number of benzene rings is 1. The van der Waals surface area contributed by atoms with Crippen molar-refractivity contribution in [2.75, 3.05) is 5.32 Å². The highest BCUT2D eigenvalue weighted by Gasteiger charge is 2.43. The van der Waals surface area contributed by atoms with E-state index in [1.165, 1.54) is 24.3 Å². The second-order valence-corrected chi connectivity index (χ2v) is 8.15. The fraction of sp³-hybridized carbons (Fsp3) is 0.450. The molecule has 1 heterocycles. The van der Waals surface area contributed by atoms with Gasteiger partial charge in [-0.15, -0.1) is 0 Å². The molecule has 1 aromatic carbocycles. The summed E-state index contributed by atoms with van der Waals surface area (Å²) in [4.78, 5) is 25.5. The van der Waals surface area contributed by atoms with Crippen LogP contribution in [0.25, 0.3) is 0 Å². The molecule has 0 bridgehead atoms. The van der Waals surface area contributed by atoms with Gasteiger partial charge in [0.2, 0.25) is 0 Å². The number of nitrogens with one attached hydrogen (secondary N) is 1. The molecular formula is C20H26N4O3. The zero-order chi connectivity index (χ0) is 20.4. The molecule has 0 radical (unpaired) electrons. The van der Waals surface area contributed by atoms with Crippen molar-refractivity contribution < 1.29 is 14.7 Å². The summed E-state index contributed by atoms with van der Waals surface area (Å²) in [5.74, 6) is -1.58. The summed E-state index contributed by atoms with van der Waals surface area (Å²) in [5, 5.41) is 21.1. The van der Waals surface area contributed by atoms with Crippen molar-refractivity contribution in [3.63, 3.8) is 0 Å². The molecule has 144 valence electrons. The summed E-state index contributed by atoms with van der Waals surface area (Å²) >= 11 is 0. The van der Waals surface area contributed by atoms with E-state index in [4.69, 9.17) is 10.8 Å². The lowest BCUT2D eigenvalue weighted by atomic mass is 9.77. The molecule has 0 unspecified atom stereocenters. The first-order valence-corrected chi connectivity index (χ1v) is 8.78. The first-order chi connectivity index (χ1) is 12.5. The van der Waals surface area contributed by atoms with Crippen LogP contribution in [0.15, 0.2) is 36.0 Å². The van der Waals surface area contributed by atoms with Crippen molar-refractivity contribution in [2.24, 2.45) is 5.73 Å². The topological polar surface area (TPSA) is 119 Å². The third-order valence-corrected chi connectivity index (χ3v) is 4.84. The summed E-state index contributed by atoms with van der Waals surface area (Å²) < 4.78 is 0. The normalized spacial score (nSPS) is 19.3. The minimum absolute atomic E-state index is 0.0195. The number of nitrogens with zero attached hydrogens (tertiary/aromatic N) is 2. The molecule has 1 amide bonds. The Balaban J connectivity index is 2.25. The van der Waals surface area contributed by atoms with E-state index < -0.39 is 11.9 Å². The maximum Gasteiger partial charge on any atom is 0.335 e. The highest BCUT2D eigenvalue weighted by atomic mass is 16.4. The van der Waals surface area contributed by atoms with E-state index in [1.54, 1.807) is 6.20 Å². The smallest absolute Gasteiger partial charge is 0.335 e. The van der Waals surface area contributed by atoms with E-state index in [1.807, 2.05) is 38.7 Å². The second-order valence-electron chi connectivity index (χ2n) is 8.15. The second kappa shape index (κ2) is 7.41. The molecule has 0 atom stereocenters. The van der Waals surface area contributed by atoms with Gasteiger partial charge in [0.25, 0.3) is 5.91 Å². The molecule has 1 aliphatic heterocycles. The summed E-state index contributed by atoms with van der Waals surface area (Å²) in [6, 6.07) is 7.80. The van der Waals surface area contributed by atoms with Crippen LogP contribution in [-0.4, -0.2) is 39.0 Å². The number of carbonyl (C=O) groups is 2. The van der Waals surface area contributed by atoms with Crippen molar-refractivity contribution in [1.29, 1.82) is 5.26 Å². The molecule has 0 spiro atoms. The predicted octanol–water partition coefficient (Wildman–Crippen LogP) is 2.71. The van der Waals surface area contributed by atoms with Crippen molar-refractivity contribution in [1.82, 2.24) is 4.90 Å². The molecule has 27 heavy (non-hydrogen) atoms. The number of carboxylic acids is 1. The minimum Gasteiger partial charge on any atom is -0.478 e. The Hall–Kier alpha value is -2.85. The molecule has 7 heteroatoms. The zero-order valence-electron chi connectivity index (χ0n) is 16.1. The van der Waals surface area contributed by atoms with Crippen LogP contribution in [0.5, 0.6) is 0 Å².